The monoisotopic (exact) mass is 209 g/mol. The van der Waals surface area contributed by atoms with Crippen molar-refractivity contribution in [2.75, 3.05) is 0 Å². The summed E-state index contributed by atoms with van der Waals surface area (Å²) in [6.45, 7) is 12.0. The fourth-order valence-electron chi connectivity index (χ4n) is 1.31. The van der Waals surface area contributed by atoms with Gasteiger partial charge < -0.3 is 0 Å². The van der Waals surface area contributed by atoms with Gasteiger partial charge in [0.25, 0.3) is 0 Å². The predicted molar refractivity (Wildman–Crippen MR) is 62.9 cm³/mol. The highest BCUT2D eigenvalue weighted by Gasteiger charge is 2.11. The maximum absolute atomic E-state index is 11.7. The van der Waals surface area contributed by atoms with Crippen LogP contribution in [0.3, 0.4) is 0 Å². The van der Waals surface area contributed by atoms with Gasteiger partial charge in [-0.05, 0) is 13.8 Å². The Kier molecular flexibility index (Phi) is 5.60. The number of hydrogen-bond acceptors (Lipinski definition) is 1. The van der Waals surface area contributed by atoms with E-state index in [1.807, 2.05) is 33.8 Å². The fraction of sp³-hybridized carbons (Fsp3) is 0.500. The smallest absolute Gasteiger partial charge is 0.198 e. The maximum atomic E-state index is 11.7. The van der Waals surface area contributed by atoms with Crippen LogP contribution in [0.5, 0.6) is 0 Å². The number of aryl methyl sites for hydroxylation is 2. The van der Waals surface area contributed by atoms with Gasteiger partial charge in [-0.3, -0.25) is 0 Å². The Morgan fingerprint density at radius 2 is 2.00 bits per heavy atom. The highest BCUT2D eigenvalue weighted by Crippen LogP contribution is 1.94. The topological polar surface area (TPSA) is 25.9 Å². The summed E-state index contributed by atoms with van der Waals surface area (Å²) in [6.07, 6.45) is 1.73. The SMILES string of the molecule is C=CCn1c(C)cc(C)[n+](C)c1=O.CC. The highest BCUT2D eigenvalue weighted by molar-refractivity contribution is 5.02. The lowest BCUT2D eigenvalue weighted by Crippen LogP contribution is -2.54. The molecule has 0 aliphatic heterocycles. The van der Waals surface area contributed by atoms with Crippen LogP contribution in [0.2, 0.25) is 0 Å². The molecule has 0 atom stereocenters. The molecule has 0 spiro atoms. The zero-order chi connectivity index (χ0) is 12.0. The molecule has 84 valence electrons. The van der Waals surface area contributed by atoms with Crippen LogP contribution in [0, 0.1) is 13.8 Å². The van der Waals surface area contributed by atoms with E-state index in [2.05, 4.69) is 6.58 Å². The lowest BCUT2D eigenvalue weighted by Gasteiger charge is -2.03. The Balaban J connectivity index is 0.000000921. The van der Waals surface area contributed by atoms with E-state index in [4.69, 9.17) is 0 Å². The van der Waals surface area contributed by atoms with E-state index in [0.717, 1.165) is 11.4 Å². The Bertz CT molecular complexity index is 391. The summed E-state index contributed by atoms with van der Waals surface area (Å²) in [5.41, 5.74) is 1.96. The summed E-state index contributed by atoms with van der Waals surface area (Å²) < 4.78 is 3.33. The third-order valence-electron chi connectivity index (χ3n) is 2.20. The van der Waals surface area contributed by atoms with Crippen molar-refractivity contribution >= 4 is 0 Å². The van der Waals surface area contributed by atoms with Gasteiger partial charge in [0.1, 0.15) is 17.9 Å². The van der Waals surface area contributed by atoms with Crippen LogP contribution in [-0.2, 0) is 13.6 Å². The van der Waals surface area contributed by atoms with Crippen molar-refractivity contribution < 1.29 is 4.57 Å². The van der Waals surface area contributed by atoms with E-state index in [1.165, 1.54) is 0 Å². The first-order valence-electron chi connectivity index (χ1n) is 5.26. The molecule has 1 rings (SSSR count). The van der Waals surface area contributed by atoms with Crippen LogP contribution >= 0.6 is 0 Å². The van der Waals surface area contributed by atoms with E-state index in [9.17, 15) is 4.79 Å². The first kappa shape index (κ1) is 13.6. The molecule has 15 heavy (non-hydrogen) atoms. The van der Waals surface area contributed by atoms with Crippen LogP contribution in [-0.4, -0.2) is 4.57 Å². The lowest BCUT2D eigenvalue weighted by molar-refractivity contribution is -0.697. The molecule has 3 nitrogen and oxygen atoms in total. The van der Waals surface area contributed by atoms with Crippen LogP contribution in [0.4, 0.5) is 0 Å². The van der Waals surface area contributed by atoms with E-state index in [1.54, 1.807) is 22.3 Å². The summed E-state index contributed by atoms with van der Waals surface area (Å²) in [6, 6.07) is 1.99. The van der Waals surface area contributed by atoms with Gasteiger partial charge in [-0.15, -0.1) is 0 Å². The van der Waals surface area contributed by atoms with Gasteiger partial charge in [0.05, 0.1) is 7.05 Å². The van der Waals surface area contributed by atoms with Crippen LogP contribution in [0.1, 0.15) is 25.2 Å². The lowest BCUT2D eigenvalue weighted by atomic mass is 10.3. The summed E-state index contributed by atoms with van der Waals surface area (Å²) in [7, 11) is 1.77. The van der Waals surface area contributed by atoms with E-state index in [0.29, 0.717) is 6.54 Å². The molecular formula is C12H21N2O+. The second kappa shape index (κ2) is 6.17. The Labute approximate surface area is 91.7 Å². The minimum Gasteiger partial charge on any atom is -0.198 e. The Morgan fingerprint density at radius 1 is 1.47 bits per heavy atom. The zero-order valence-electron chi connectivity index (χ0n) is 10.4. The van der Waals surface area contributed by atoms with Gasteiger partial charge in [0.15, 0.2) is 0 Å². The molecule has 0 saturated carbocycles. The number of hydrogen-bond donors (Lipinski definition) is 0. The van der Waals surface area contributed by atoms with Crippen molar-refractivity contribution in [1.29, 1.82) is 0 Å². The predicted octanol–water partition coefficient (Wildman–Crippen LogP) is 1.50. The van der Waals surface area contributed by atoms with Crippen molar-refractivity contribution in [2.45, 2.75) is 34.2 Å². The molecule has 0 fully saturated rings. The number of rotatable bonds is 2. The molecule has 0 aliphatic carbocycles. The van der Waals surface area contributed by atoms with Gasteiger partial charge in [-0.1, -0.05) is 26.5 Å². The van der Waals surface area contributed by atoms with Gasteiger partial charge in [0.2, 0.25) is 0 Å². The first-order valence-corrected chi connectivity index (χ1v) is 5.26. The second-order valence-electron chi connectivity index (χ2n) is 3.17. The standard InChI is InChI=1S/C10H15N2O.C2H6/c1-5-6-12-9(3)7-8(2)11(4)10(12)13;1-2/h5,7H,1,6H2,2-4H3;1-2H3/q+1;. The molecule has 0 aromatic carbocycles. The van der Waals surface area contributed by atoms with Crippen molar-refractivity contribution in [3.05, 3.63) is 40.6 Å². The molecular weight excluding hydrogens is 188 g/mol. The molecule has 0 N–H and O–H groups in total. The molecule has 1 aromatic heterocycles. The summed E-state index contributed by atoms with van der Waals surface area (Å²) in [4.78, 5) is 11.7. The molecule has 0 aliphatic rings. The molecule has 3 heteroatoms. The Morgan fingerprint density at radius 3 is 2.47 bits per heavy atom. The van der Waals surface area contributed by atoms with Crippen molar-refractivity contribution in [3.63, 3.8) is 0 Å². The molecule has 0 bridgehead atoms. The third-order valence-corrected chi connectivity index (χ3v) is 2.20. The minimum absolute atomic E-state index is 0.0115. The number of nitrogens with zero attached hydrogens (tertiary/aromatic N) is 2. The first-order chi connectivity index (χ1) is 7.07. The third kappa shape index (κ3) is 3.05. The molecule has 0 saturated heterocycles. The molecule has 1 aromatic rings. The molecule has 0 unspecified atom stereocenters. The van der Waals surface area contributed by atoms with E-state index in [-0.39, 0.29) is 5.69 Å². The maximum Gasteiger partial charge on any atom is 0.498 e. The molecule has 0 amide bonds. The van der Waals surface area contributed by atoms with Crippen LogP contribution in [0.15, 0.2) is 23.5 Å². The average Bonchev–Trinajstić information content (AvgIpc) is 2.24. The van der Waals surface area contributed by atoms with Gasteiger partial charge >= 0.3 is 5.69 Å². The number of allylic oxidation sites excluding steroid dienone is 1. The van der Waals surface area contributed by atoms with Crippen molar-refractivity contribution in [1.82, 2.24) is 4.57 Å². The highest BCUT2D eigenvalue weighted by atomic mass is 16.1. The Hall–Kier alpha value is -1.38. The average molecular weight is 209 g/mol. The zero-order valence-corrected chi connectivity index (χ0v) is 10.4. The normalized spacial score (nSPS) is 9.13. The van der Waals surface area contributed by atoms with E-state index < -0.39 is 0 Å². The quantitative estimate of drug-likeness (QED) is 0.535. The van der Waals surface area contributed by atoms with Crippen LogP contribution < -0.4 is 10.3 Å². The fourth-order valence-corrected chi connectivity index (χ4v) is 1.31. The molecule has 0 radical (unpaired) electrons. The van der Waals surface area contributed by atoms with Gasteiger partial charge in [-0.25, -0.2) is 0 Å². The molecule has 1 heterocycles. The number of aromatic nitrogens is 2. The van der Waals surface area contributed by atoms with Gasteiger partial charge in [-0.2, -0.15) is 13.9 Å². The summed E-state index contributed by atoms with van der Waals surface area (Å²) >= 11 is 0. The summed E-state index contributed by atoms with van der Waals surface area (Å²) in [5.74, 6) is 0. The van der Waals surface area contributed by atoms with E-state index >= 15 is 0 Å². The van der Waals surface area contributed by atoms with Crippen LogP contribution in [0.25, 0.3) is 0 Å². The van der Waals surface area contributed by atoms with Crippen molar-refractivity contribution in [3.8, 4) is 0 Å². The van der Waals surface area contributed by atoms with Crippen molar-refractivity contribution in [2.24, 2.45) is 7.05 Å². The van der Waals surface area contributed by atoms with Gasteiger partial charge in [0, 0.05) is 6.07 Å². The second-order valence-corrected chi connectivity index (χ2v) is 3.17. The minimum atomic E-state index is 0.0115. The summed E-state index contributed by atoms with van der Waals surface area (Å²) in [5, 5.41) is 0. The largest absolute Gasteiger partial charge is 0.498 e.